The van der Waals surface area contributed by atoms with E-state index in [1.807, 2.05) is 6.92 Å². The Balaban J connectivity index is 2.14. The molecule has 2 aromatic heterocycles. The second kappa shape index (κ2) is 4.70. The monoisotopic (exact) mass is 246 g/mol. The molecule has 0 aromatic carbocycles. The van der Waals surface area contributed by atoms with Gasteiger partial charge in [0.15, 0.2) is 5.76 Å². The van der Waals surface area contributed by atoms with E-state index in [1.54, 1.807) is 18.3 Å². The summed E-state index contributed by atoms with van der Waals surface area (Å²) in [5, 5.41) is 11.2. The Bertz CT molecular complexity index is 604. The Morgan fingerprint density at radius 1 is 1.28 bits per heavy atom. The number of pyridine rings is 1. The number of aromatic carboxylic acids is 1. The van der Waals surface area contributed by atoms with Gasteiger partial charge in [0.1, 0.15) is 5.82 Å². The van der Waals surface area contributed by atoms with Crippen LogP contribution in [0.2, 0.25) is 0 Å². The van der Waals surface area contributed by atoms with Crippen LogP contribution in [0, 0.1) is 6.92 Å². The van der Waals surface area contributed by atoms with Crippen LogP contribution < -0.4 is 5.32 Å². The van der Waals surface area contributed by atoms with Crippen molar-refractivity contribution in [3.05, 3.63) is 47.5 Å². The van der Waals surface area contributed by atoms with E-state index in [9.17, 15) is 9.59 Å². The van der Waals surface area contributed by atoms with Crippen molar-refractivity contribution in [3.63, 3.8) is 0 Å². The Hall–Kier alpha value is -2.63. The Labute approximate surface area is 102 Å². The molecule has 0 saturated heterocycles. The van der Waals surface area contributed by atoms with E-state index in [0.717, 1.165) is 5.56 Å². The number of carbonyl (C=O) groups excluding carboxylic acids is 1. The smallest absolute Gasteiger partial charge is 0.371 e. The number of aryl methyl sites for hydroxylation is 1. The lowest BCUT2D eigenvalue weighted by atomic mass is 10.3. The largest absolute Gasteiger partial charge is 0.475 e. The summed E-state index contributed by atoms with van der Waals surface area (Å²) < 4.78 is 4.87. The second-order valence-electron chi connectivity index (χ2n) is 3.64. The van der Waals surface area contributed by atoms with Gasteiger partial charge in [0.05, 0.1) is 0 Å². The van der Waals surface area contributed by atoms with Crippen molar-refractivity contribution in [2.24, 2.45) is 0 Å². The molecule has 2 aromatic rings. The maximum absolute atomic E-state index is 11.7. The van der Waals surface area contributed by atoms with Crippen LogP contribution >= 0.6 is 0 Å². The number of carboxylic acid groups (broad SMARTS) is 1. The van der Waals surface area contributed by atoms with Crippen LogP contribution in [-0.2, 0) is 0 Å². The maximum Gasteiger partial charge on any atom is 0.371 e. The molecule has 2 N–H and O–H groups in total. The molecule has 2 heterocycles. The zero-order valence-corrected chi connectivity index (χ0v) is 9.51. The number of furan rings is 1. The van der Waals surface area contributed by atoms with Gasteiger partial charge in [-0.25, -0.2) is 9.78 Å². The number of amides is 1. The van der Waals surface area contributed by atoms with Crippen LogP contribution in [0.3, 0.4) is 0 Å². The summed E-state index contributed by atoms with van der Waals surface area (Å²) in [6.07, 6.45) is 1.57. The van der Waals surface area contributed by atoms with E-state index < -0.39 is 11.9 Å². The summed E-state index contributed by atoms with van der Waals surface area (Å²) in [5.41, 5.74) is 0.950. The van der Waals surface area contributed by atoms with Crippen molar-refractivity contribution in [2.45, 2.75) is 6.92 Å². The van der Waals surface area contributed by atoms with Crippen molar-refractivity contribution in [2.75, 3.05) is 5.32 Å². The number of hydrogen-bond donors (Lipinski definition) is 2. The predicted octanol–water partition coefficient (Wildman–Crippen LogP) is 1.93. The normalized spacial score (nSPS) is 10.1. The summed E-state index contributed by atoms with van der Waals surface area (Å²) >= 11 is 0. The van der Waals surface area contributed by atoms with Crippen LogP contribution in [0.5, 0.6) is 0 Å². The summed E-state index contributed by atoms with van der Waals surface area (Å²) in [5.74, 6) is -1.73. The highest BCUT2D eigenvalue weighted by Gasteiger charge is 2.15. The predicted molar refractivity (Wildman–Crippen MR) is 62.6 cm³/mol. The number of anilines is 1. The first kappa shape index (κ1) is 11.8. The lowest BCUT2D eigenvalue weighted by Gasteiger charge is -2.02. The standard InChI is InChI=1S/C12H10N2O4/c1-7-4-5-13-10(6-7)14-11(15)8-2-3-9(18-8)12(16)17/h2-6H,1H3,(H,16,17)(H,13,14,15). The lowest BCUT2D eigenvalue weighted by molar-refractivity contribution is 0.0660. The van der Waals surface area contributed by atoms with Gasteiger partial charge < -0.3 is 14.8 Å². The summed E-state index contributed by atoms with van der Waals surface area (Å²) in [4.78, 5) is 26.3. The highest BCUT2D eigenvalue weighted by atomic mass is 16.4. The van der Waals surface area contributed by atoms with Gasteiger partial charge in [-0.2, -0.15) is 0 Å². The van der Waals surface area contributed by atoms with E-state index in [-0.39, 0.29) is 11.5 Å². The van der Waals surface area contributed by atoms with Gasteiger partial charge >= 0.3 is 5.97 Å². The maximum atomic E-state index is 11.7. The number of carboxylic acids is 1. The quantitative estimate of drug-likeness (QED) is 0.863. The molecule has 0 radical (unpaired) electrons. The summed E-state index contributed by atoms with van der Waals surface area (Å²) in [7, 11) is 0. The van der Waals surface area contributed by atoms with E-state index in [0.29, 0.717) is 5.82 Å². The average Bonchev–Trinajstić information content (AvgIpc) is 2.78. The Kier molecular flexibility index (Phi) is 3.09. The van der Waals surface area contributed by atoms with Gasteiger partial charge in [-0.05, 0) is 36.8 Å². The first-order chi connectivity index (χ1) is 8.56. The zero-order valence-electron chi connectivity index (χ0n) is 9.51. The van der Waals surface area contributed by atoms with Gasteiger partial charge in [0.25, 0.3) is 5.91 Å². The van der Waals surface area contributed by atoms with Crippen molar-refractivity contribution < 1.29 is 19.1 Å². The number of nitrogens with zero attached hydrogens (tertiary/aromatic N) is 1. The SMILES string of the molecule is Cc1ccnc(NC(=O)c2ccc(C(=O)O)o2)c1. The molecule has 0 aliphatic heterocycles. The molecule has 0 aliphatic rings. The molecule has 0 spiro atoms. The molecule has 0 unspecified atom stereocenters. The van der Waals surface area contributed by atoms with Crippen molar-refractivity contribution in [1.82, 2.24) is 4.98 Å². The minimum atomic E-state index is -1.22. The first-order valence-corrected chi connectivity index (χ1v) is 5.13. The Morgan fingerprint density at radius 3 is 2.61 bits per heavy atom. The number of aromatic nitrogens is 1. The molecule has 0 aliphatic carbocycles. The molecule has 6 nitrogen and oxygen atoms in total. The fourth-order valence-electron chi connectivity index (χ4n) is 1.36. The molecule has 6 heteroatoms. The van der Waals surface area contributed by atoms with E-state index in [1.165, 1.54) is 12.1 Å². The molecule has 1 amide bonds. The second-order valence-corrected chi connectivity index (χ2v) is 3.64. The van der Waals surface area contributed by atoms with Gasteiger partial charge in [-0.3, -0.25) is 4.79 Å². The van der Waals surface area contributed by atoms with Crippen molar-refractivity contribution in [1.29, 1.82) is 0 Å². The molecular weight excluding hydrogens is 236 g/mol. The average molecular weight is 246 g/mol. The van der Waals surface area contributed by atoms with Crippen molar-refractivity contribution in [3.8, 4) is 0 Å². The van der Waals surface area contributed by atoms with Crippen LogP contribution in [0.4, 0.5) is 5.82 Å². The van der Waals surface area contributed by atoms with Crippen LogP contribution in [0.25, 0.3) is 0 Å². The number of hydrogen-bond acceptors (Lipinski definition) is 4. The molecule has 0 saturated carbocycles. The minimum absolute atomic E-state index is 0.0734. The highest BCUT2D eigenvalue weighted by molar-refractivity contribution is 6.02. The third-order valence-corrected chi connectivity index (χ3v) is 2.20. The molecule has 92 valence electrons. The van der Waals surface area contributed by atoms with E-state index >= 15 is 0 Å². The third-order valence-electron chi connectivity index (χ3n) is 2.20. The molecule has 18 heavy (non-hydrogen) atoms. The van der Waals surface area contributed by atoms with Crippen LogP contribution in [-0.4, -0.2) is 22.0 Å². The van der Waals surface area contributed by atoms with Gasteiger partial charge in [-0.1, -0.05) is 0 Å². The zero-order chi connectivity index (χ0) is 13.1. The van der Waals surface area contributed by atoms with Gasteiger partial charge in [0, 0.05) is 6.20 Å². The van der Waals surface area contributed by atoms with Gasteiger partial charge in [-0.15, -0.1) is 0 Å². The summed E-state index contributed by atoms with van der Waals surface area (Å²) in [6.45, 7) is 1.87. The lowest BCUT2D eigenvalue weighted by Crippen LogP contribution is -2.12. The molecular formula is C12H10N2O4. The Morgan fingerprint density at radius 2 is 2.00 bits per heavy atom. The molecule has 0 bridgehead atoms. The fourth-order valence-corrected chi connectivity index (χ4v) is 1.36. The highest BCUT2D eigenvalue weighted by Crippen LogP contribution is 2.11. The molecule has 2 rings (SSSR count). The minimum Gasteiger partial charge on any atom is -0.475 e. The van der Waals surface area contributed by atoms with E-state index in [2.05, 4.69) is 10.3 Å². The van der Waals surface area contributed by atoms with Crippen molar-refractivity contribution >= 4 is 17.7 Å². The number of carbonyl (C=O) groups is 2. The third kappa shape index (κ3) is 2.54. The van der Waals surface area contributed by atoms with Gasteiger partial charge in [0.2, 0.25) is 5.76 Å². The van der Waals surface area contributed by atoms with E-state index in [4.69, 9.17) is 9.52 Å². The number of rotatable bonds is 3. The fraction of sp³-hybridized carbons (Fsp3) is 0.0833. The summed E-state index contributed by atoms with van der Waals surface area (Å²) in [6, 6.07) is 6.01. The number of nitrogens with one attached hydrogen (secondary N) is 1. The van der Waals surface area contributed by atoms with Crippen LogP contribution in [0.15, 0.2) is 34.9 Å². The molecule has 0 fully saturated rings. The first-order valence-electron chi connectivity index (χ1n) is 5.13. The molecule has 0 atom stereocenters. The van der Waals surface area contributed by atoms with Crippen LogP contribution in [0.1, 0.15) is 26.7 Å². The topological polar surface area (TPSA) is 92.4 Å².